The summed E-state index contributed by atoms with van der Waals surface area (Å²) in [6.07, 6.45) is 0.522. The van der Waals surface area contributed by atoms with E-state index >= 15 is 0 Å². The molecule has 0 bridgehead atoms. The van der Waals surface area contributed by atoms with E-state index < -0.39 is 0 Å². The Hall–Kier alpha value is -0.350. The SMILES string of the molecule is CC(C)N(CCBr)C(=O)Cc1ccsc1. The first kappa shape index (κ1) is 12.7. The van der Waals surface area contributed by atoms with E-state index in [-0.39, 0.29) is 11.9 Å². The van der Waals surface area contributed by atoms with Crippen LogP contribution in [0.1, 0.15) is 19.4 Å². The Labute approximate surface area is 103 Å². The van der Waals surface area contributed by atoms with Crippen LogP contribution in [-0.4, -0.2) is 28.7 Å². The van der Waals surface area contributed by atoms with Crippen molar-refractivity contribution in [3.05, 3.63) is 22.4 Å². The van der Waals surface area contributed by atoms with Crippen LogP contribution in [0.2, 0.25) is 0 Å². The summed E-state index contributed by atoms with van der Waals surface area (Å²) in [5.74, 6) is 0.211. The van der Waals surface area contributed by atoms with E-state index in [4.69, 9.17) is 0 Å². The van der Waals surface area contributed by atoms with Gasteiger partial charge in [-0.1, -0.05) is 15.9 Å². The summed E-state index contributed by atoms with van der Waals surface area (Å²) < 4.78 is 0. The average molecular weight is 290 g/mol. The number of halogens is 1. The summed E-state index contributed by atoms with van der Waals surface area (Å²) in [5, 5.41) is 4.87. The fourth-order valence-corrected chi connectivity index (χ4v) is 2.48. The van der Waals surface area contributed by atoms with Crippen molar-refractivity contribution in [3.63, 3.8) is 0 Å². The molecular weight excluding hydrogens is 274 g/mol. The van der Waals surface area contributed by atoms with Gasteiger partial charge in [-0.05, 0) is 36.2 Å². The zero-order chi connectivity index (χ0) is 11.3. The third kappa shape index (κ3) is 3.95. The van der Waals surface area contributed by atoms with Gasteiger partial charge in [-0.25, -0.2) is 0 Å². The lowest BCUT2D eigenvalue weighted by Gasteiger charge is -2.25. The van der Waals surface area contributed by atoms with Crippen LogP contribution in [0.5, 0.6) is 0 Å². The van der Waals surface area contributed by atoms with Gasteiger partial charge in [0.2, 0.25) is 5.91 Å². The van der Waals surface area contributed by atoms with Gasteiger partial charge >= 0.3 is 0 Å². The summed E-state index contributed by atoms with van der Waals surface area (Å²) >= 11 is 5.01. The predicted octanol–water partition coefficient (Wildman–Crippen LogP) is 2.92. The molecule has 0 aliphatic heterocycles. The largest absolute Gasteiger partial charge is 0.339 e. The average Bonchev–Trinajstić information content (AvgIpc) is 2.65. The van der Waals surface area contributed by atoms with E-state index in [0.29, 0.717) is 6.42 Å². The van der Waals surface area contributed by atoms with Gasteiger partial charge in [0, 0.05) is 17.9 Å². The molecule has 0 aromatic carbocycles. The molecule has 0 saturated heterocycles. The minimum absolute atomic E-state index is 0.211. The zero-order valence-corrected chi connectivity index (χ0v) is 11.5. The van der Waals surface area contributed by atoms with Crippen molar-refractivity contribution >= 4 is 33.2 Å². The van der Waals surface area contributed by atoms with Crippen LogP contribution in [0.25, 0.3) is 0 Å². The summed E-state index contributed by atoms with van der Waals surface area (Å²) in [6, 6.07) is 2.28. The first-order chi connectivity index (χ1) is 7.15. The molecule has 2 nitrogen and oxygen atoms in total. The smallest absolute Gasteiger partial charge is 0.227 e. The fraction of sp³-hybridized carbons (Fsp3) is 0.545. The Balaban J connectivity index is 2.56. The first-order valence-corrected chi connectivity index (χ1v) is 7.08. The van der Waals surface area contributed by atoms with Crippen molar-refractivity contribution in [3.8, 4) is 0 Å². The highest BCUT2D eigenvalue weighted by Crippen LogP contribution is 2.10. The molecule has 4 heteroatoms. The minimum atomic E-state index is 0.211. The number of rotatable bonds is 5. The van der Waals surface area contributed by atoms with E-state index in [1.807, 2.05) is 35.6 Å². The Morgan fingerprint density at radius 3 is 2.80 bits per heavy atom. The van der Waals surface area contributed by atoms with Gasteiger partial charge in [0.15, 0.2) is 0 Å². The third-order valence-corrected chi connectivity index (χ3v) is 3.29. The highest BCUT2D eigenvalue weighted by Gasteiger charge is 2.16. The lowest BCUT2D eigenvalue weighted by Crippen LogP contribution is -2.39. The number of carbonyl (C=O) groups excluding carboxylic acids is 1. The first-order valence-electron chi connectivity index (χ1n) is 5.01. The molecule has 1 heterocycles. The monoisotopic (exact) mass is 289 g/mol. The molecule has 1 aromatic rings. The quantitative estimate of drug-likeness (QED) is 0.764. The summed E-state index contributed by atoms with van der Waals surface area (Å²) in [5.41, 5.74) is 1.12. The molecule has 1 rings (SSSR count). The maximum atomic E-state index is 12.0. The molecule has 0 radical (unpaired) electrons. The molecule has 1 aromatic heterocycles. The Bertz CT molecular complexity index is 298. The van der Waals surface area contributed by atoms with Crippen LogP contribution in [0.3, 0.4) is 0 Å². The number of alkyl halides is 1. The maximum Gasteiger partial charge on any atom is 0.227 e. The second-order valence-corrected chi connectivity index (χ2v) is 5.25. The molecule has 0 fully saturated rings. The number of nitrogens with zero attached hydrogens (tertiary/aromatic N) is 1. The van der Waals surface area contributed by atoms with Crippen molar-refractivity contribution in [1.29, 1.82) is 0 Å². The van der Waals surface area contributed by atoms with Crippen LogP contribution in [0, 0.1) is 0 Å². The summed E-state index contributed by atoms with van der Waals surface area (Å²) in [7, 11) is 0. The molecule has 0 aliphatic carbocycles. The zero-order valence-electron chi connectivity index (χ0n) is 9.07. The summed E-state index contributed by atoms with van der Waals surface area (Å²) in [4.78, 5) is 13.9. The van der Waals surface area contributed by atoms with Gasteiger partial charge < -0.3 is 4.90 Å². The van der Waals surface area contributed by atoms with E-state index in [1.165, 1.54) is 0 Å². The van der Waals surface area contributed by atoms with E-state index in [0.717, 1.165) is 17.4 Å². The Kier molecular flexibility index (Phi) is 5.32. The van der Waals surface area contributed by atoms with Crippen LogP contribution in [0.15, 0.2) is 16.8 Å². The fourth-order valence-electron chi connectivity index (χ4n) is 1.43. The van der Waals surface area contributed by atoms with Crippen LogP contribution >= 0.6 is 27.3 Å². The van der Waals surface area contributed by atoms with Crippen LogP contribution in [0.4, 0.5) is 0 Å². The molecule has 0 N–H and O–H groups in total. The second-order valence-electron chi connectivity index (χ2n) is 3.68. The molecule has 84 valence electrons. The summed E-state index contributed by atoms with van der Waals surface area (Å²) in [6.45, 7) is 4.88. The lowest BCUT2D eigenvalue weighted by molar-refractivity contribution is -0.131. The number of hydrogen-bond donors (Lipinski definition) is 0. The standard InChI is InChI=1S/C11H16BrNOS/c1-9(2)13(5-4-12)11(14)7-10-3-6-15-8-10/h3,6,8-9H,4-5,7H2,1-2H3. The van der Waals surface area contributed by atoms with Crippen molar-refractivity contribution < 1.29 is 4.79 Å². The van der Waals surface area contributed by atoms with E-state index in [2.05, 4.69) is 15.9 Å². The molecule has 0 atom stereocenters. The molecule has 0 spiro atoms. The Morgan fingerprint density at radius 1 is 1.60 bits per heavy atom. The molecule has 0 aliphatic rings. The highest BCUT2D eigenvalue weighted by molar-refractivity contribution is 9.09. The topological polar surface area (TPSA) is 20.3 Å². The molecule has 15 heavy (non-hydrogen) atoms. The van der Waals surface area contributed by atoms with Crippen molar-refractivity contribution in [2.24, 2.45) is 0 Å². The number of thiophene rings is 1. The number of amides is 1. The third-order valence-electron chi connectivity index (χ3n) is 2.20. The van der Waals surface area contributed by atoms with Crippen LogP contribution in [-0.2, 0) is 11.2 Å². The predicted molar refractivity (Wildman–Crippen MR) is 68.7 cm³/mol. The lowest BCUT2D eigenvalue weighted by atomic mass is 10.2. The van der Waals surface area contributed by atoms with Crippen molar-refractivity contribution in [2.45, 2.75) is 26.3 Å². The minimum Gasteiger partial charge on any atom is -0.339 e. The van der Waals surface area contributed by atoms with Gasteiger partial charge in [0.05, 0.1) is 6.42 Å². The molecule has 0 unspecified atom stereocenters. The van der Waals surface area contributed by atoms with Crippen LogP contribution < -0.4 is 0 Å². The van der Waals surface area contributed by atoms with Gasteiger partial charge in [-0.15, -0.1) is 0 Å². The maximum absolute atomic E-state index is 12.0. The second kappa shape index (κ2) is 6.28. The molecule has 1 amide bonds. The molecule has 0 saturated carbocycles. The van der Waals surface area contributed by atoms with Gasteiger partial charge in [0.25, 0.3) is 0 Å². The van der Waals surface area contributed by atoms with Gasteiger partial charge in [0.1, 0.15) is 0 Å². The Morgan fingerprint density at radius 2 is 2.33 bits per heavy atom. The number of hydrogen-bond acceptors (Lipinski definition) is 2. The van der Waals surface area contributed by atoms with Crippen molar-refractivity contribution in [2.75, 3.05) is 11.9 Å². The van der Waals surface area contributed by atoms with E-state index in [1.54, 1.807) is 11.3 Å². The van der Waals surface area contributed by atoms with Crippen molar-refractivity contribution in [1.82, 2.24) is 4.90 Å². The van der Waals surface area contributed by atoms with E-state index in [9.17, 15) is 4.79 Å². The normalized spacial score (nSPS) is 10.7. The highest BCUT2D eigenvalue weighted by atomic mass is 79.9. The van der Waals surface area contributed by atoms with Gasteiger partial charge in [-0.2, -0.15) is 11.3 Å². The number of carbonyl (C=O) groups is 1. The van der Waals surface area contributed by atoms with Gasteiger partial charge in [-0.3, -0.25) is 4.79 Å². The molecular formula is C11H16BrNOS.